The van der Waals surface area contributed by atoms with E-state index in [4.69, 9.17) is 14.6 Å². The van der Waals surface area contributed by atoms with E-state index >= 15 is 0 Å². The van der Waals surface area contributed by atoms with Crippen LogP contribution in [0.3, 0.4) is 0 Å². The molecule has 43 heavy (non-hydrogen) atoms. The summed E-state index contributed by atoms with van der Waals surface area (Å²) in [7, 11) is 0. The van der Waals surface area contributed by atoms with Gasteiger partial charge in [-0.05, 0) is 71.8 Å². The van der Waals surface area contributed by atoms with Crippen molar-refractivity contribution in [3.63, 3.8) is 0 Å². The maximum absolute atomic E-state index is 12.8. The van der Waals surface area contributed by atoms with E-state index in [1.807, 2.05) is 134 Å². The summed E-state index contributed by atoms with van der Waals surface area (Å²) in [4.78, 5) is 12.8. The SMILES string of the molecule is CC(Oc1ccc2ccccc2c1)C(=O)N/N=C/c1cn(-c2ccccc2)nc1-c1ccc(OCc2ccccc2)cc1. The third-order valence-corrected chi connectivity index (χ3v) is 6.92. The van der Waals surface area contributed by atoms with Gasteiger partial charge in [0.05, 0.1) is 11.9 Å². The van der Waals surface area contributed by atoms with Gasteiger partial charge in [-0.1, -0.05) is 78.9 Å². The number of hydrazone groups is 1. The molecule has 212 valence electrons. The van der Waals surface area contributed by atoms with Gasteiger partial charge in [0.25, 0.3) is 5.91 Å². The predicted octanol–water partition coefficient (Wildman–Crippen LogP) is 7.19. The predicted molar refractivity (Wildman–Crippen MR) is 170 cm³/mol. The maximum atomic E-state index is 12.8. The van der Waals surface area contributed by atoms with Crippen LogP contribution >= 0.6 is 0 Å². The molecule has 0 radical (unpaired) electrons. The van der Waals surface area contributed by atoms with Crippen molar-refractivity contribution in [3.8, 4) is 28.4 Å². The lowest BCUT2D eigenvalue weighted by Gasteiger charge is -2.13. The van der Waals surface area contributed by atoms with E-state index < -0.39 is 6.10 Å². The number of carbonyl (C=O) groups excluding carboxylic acids is 1. The Morgan fingerprint density at radius 2 is 1.51 bits per heavy atom. The molecule has 6 rings (SSSR count). The first kappa shape index (κ1) is 27.5. The van der Waals surface area contributed by atoms with Crippen molar-refractivity contribution in [2.45, 2.75) is 19.6 Å². The van der Waals surface area contributed by atoms with Gasteiger partial charge < -0.3 is 9.47 Å². The van der Waals surface area contributed by atoms with Gasteiger partial charge in [-0.15, -0.1) is 0 Å². The highest BCUT2D eigenvalue weighted by atomic mass is 16.5. The van der Waals surface area contributed by atoms with Crippen LogP contribution in [0.2, 0.25) is 0 Å². The van der Waals surface area contributed by atoms with Gasteiger partial charge in [0.15, 0.2) is 6.10 Å². The van der Waals surface area contributed by atoms with E-state index in [9.17, 15) is 4.79 Å². The molecule has 6 aromatic rings. The Morgan fingerprint density at radius 1 is 0.837 bits per heavy atom. The van der Waals surface area contributed by atoms with Crippen molar-refractivity contribution in [2.24, 2.45) is 5.10 Å². The van der Waals surface area contributed by atoms with Crippen LogP contribution in [-0.4, -0.2) is 28.0 Å². The molecule has 0 spiro atoms. The number of para-hydroxylation sites is 1. The molecule has 0 saturated heterocycles. The lowest BCUT2D eigenvalue weighted by atomic mass is 10.1. The topological polar surface area (TPSA) is 77.7 Å². The van der Waals surface area contributed by atoms with Gasteiger partial charge in [-0.25, -0.2) is 10.1 Å². The highest BCUT2D eigenvalue weighted by molar-refractivity contribution is 5.90. The summed E-state index contributed by atoms with van der Waals surface area (Å²) in [6.45, 7) is 2.18. The highest BCUT2D eigenvalue weighted by Gasteiger charge is 2.15. The average molecular weight is 567 g/mol. The largest absolute Gasteiger partial charge is 0.489 e. The summed E-state index contributed by atoms with van der Waals surface area (Å²) < 4.78 is 13.6. The molecule has 0 aliphatic heterocycles. The molecular weight excluding hydrogens is 536 g/mol. The van der Waals surface area contributed by atoms with Crippen LogP contribution < -0.4 is 14.9 Å². The van der Waals surface area contributed by atoms with E-state index in [0.717, 1.165) is 44.6 Å². The second-order valence-electron chi connectivity index (χ2n) is 10.0. The first-order valence-electron chi connectivity index (χ1n) is 14.0. The second kappa shape index (κ2) is 12.9. The van der Waals surface area contributed by atoms with E-state index in [2.05, 4.69) is 10.5 Å². The van der Waals surface area contributed by atoms with Gasteiger partial charge >= 0.3 is 0 Å². The minimum atomic E-state index is -0.742. The maximum Gasteiger partial charge on any atom is 0.280 e. The first-order chi connectivity index (χ1) is 21.1. The molecule has 0 fully saturated rings. The summed E-state index contributed by atoms with van der Waals surface area (Å²) >= 11 is 0. The smallest absolute Gasteiger partial charge is 0.280 e. The number of hydrogen-bond donors (Lipinski definition) is 1. The zero-order valence-corrected chi connectivity index (χ0v) is 23.6. The number of rotatable bonds is 10. The fourth-order valence-electron chi connectivity index (χ4n) is 4.62. The number of nitrogens with one attached hydrogen (secondary N) is 1. The minimum absolute atomic E-state index is 0.360. The standard InChI is InChI=1S/C36H30N4O3/c1-26(43-34-21-16-28-12-8-9-13-30(28)22-34)36(41)38-37-23-31-24-40(32-14-6-3-7-15-32)39-35(31)29-17-19-33(20-18-29)42-25-27-10-4-2-5-11-27/h2-24,26H,25H2,1H3,(H,38,41)/b37-23+. The molecule has 7 heteroatoms. The molecule has 5 aromatic carbocycles. The van der Waals surface area contributed by atoms with Crippen LogP contribution in [0, 0.1) is 0 Å². The molecular formula is C36H30N4O3. The Hall–Kier alpha value is -5.69. The second-order valence-corrected chi connectivity index (χ2v) is 10.0. The number of nitrogens with zero attached hydrogens (tertiary/aromatic N) is 3. The molecule has 1 N–H and O–H groups in total. The number of hydrogen-bond acceptors (Lipinski definition) is 5. The number of amides is 1. The zero-order valence-electron chi connectivity index (χ0n) is 23.6. The first-order valence-corrected chi connectivity index (χ1v) is 14.0. The molecule has 0 aliphatic rings. The Kier molecular flexibility index (Phi) is 8.22. The third kappa shape index (κ3) is 6.80. The lowest BCUT2D eigenvalue weighted by Crippen LogP contribution is -2.33. The van der Waals surface area contributed by atoms with E-state index in [1.54, 1.807) is 17.8 Å². The van der Waals surface area contributed by atoms with Crippen LogP contribution in [0.15, 0.2) is 139 Å². The summed E-state index contributed by atoms with van der Waals surface area (Å²) in [5.41, 5.74) is 6.97. The third-order valence-electron chi connectivity index (χ3n) is 6.92. The molecule has 1 aromatic heterocycles. The Morgan fingerprint density at radius 3 is 2.28 bits per heavy atom. The quantitative estimate of drug-likeness (QED) is 0.141. The van der Waals surface area contributed by atoms with Crippen molar-refractivity contribution in [1.82, 2.24) is 15.2 Å². The molecule has 1 unspecified atom stereocenters. The van der Waals surface area contributed by atoms with Crippen LogP contribution in [0.4, 0.5) is 0 Å². The molecule has 0 bridgehead atoms. The van der Waals surface area contributed by atoms with Gasteiger partial charge in [0.1, 0.15) is 23.8 Å². The highest BCUT2D eigenvalue weighted by Crippen LogP contribution is 2.26. The summed E-state index contributed by atoms with van der Waals surface area (Å²) in [6.07, 6.45) is 2.74. The summed E-state index contributed by atoms with van der Waals surface area (Å²) in [5.74, 6) is 1.02. The number of ether oxygens (including phenoxy) is 2. The van der Waals surface area contributed by atoms with Crippen LogP contribution in [0.5, 0.6) is 11.5 Å². The monoisotopic (exact) mass is 566 g/mol. The summed E-state index contributed by atoms with van der Waals surface area (Å²) in [6, 6.07) is 41.4. The van der Waals surface area contributed by atoms with Crippen LogP contribution in [0.1, 0.15) is 18.1 Å². The van der Waals surface area contributed by atoms with Gasteiger partial charge in [0.2, 0.25) is 0 Å². The molecule has 0 saturated carbocycles. The number of carbonyl (C=O) groups is 1. The minimum Gasteiger partial charge on any atom is -0.489 e. The summed E-state index contributed by atoms with van der Waals surface area (Å²) in [5, 5.41) is 11.2. The van der Waals surface area contributed by atoms with Crippen molar-refractivity contribution >= 4 is 22.9 Å². The lowest BCUT2D eigenvalue weighted by molar-refractivity contribution is -0.127. The van der Waals surface area contributed by atoms with Crippen molar-refractivity contribution < 1.29 is 14.3 Å². The fraction of sp³-hybridized carbons (Fsp3) is 0.0833. The Balaban J connectivity index is 1.16. The molecule has 0 aliphatic carbocycles. The van der Waals surface area contributed by atoms with Crippen LogP contribution in [-0.2, 0) is 11.4 Å². The van der Waals surface area contributed by atoms with Gasteiger partial charge in [0, 0.05) is 17.3 Å². The molecule has 1 amide bonds. The van der Waals surface area contributed by atoms with E-state index in [0.29, 0.717) is 12.4 Å². The Labute approximate surface area is 250 Å². The molecule has 1 heterocycles. The van der Waals surface area contributed by atoms with Crippen molar-refractivity contribution in [2.75, 3.05) is 0 Å². The number of aromatic nitrogens is 2. The van der Waals surface area contributed by atoms with Gasteiger partial charge in [-0.3, -0.25) is 4.79 Å². The van der Waals surface area contributed by atoms with Gasteiger partial charge in [-0.2, -0.15) is 10.2 Å². The normalized spacial score (nSPS) is 11.8. The van der Waals surface area contributed by atoms with E-state index in [-0.39, 0.29) is 5.91 Å². The fourth-order valence-corrected chi connectivity index (χ4v) is 4.62. The Bertz CT molecular complexity index is 1850. The number of benzene rings is 5. The zero-order chi connectivity index (χ0) is 29.4. The average Bonchev–Trinajstić information content (AvgIpc) is 3.49. The number of fused-ring (bicyclic) bond motifs is 1. The molecule has 1 atom stereocenters. The van der Waals surface area contributed by atoms with Crippen molar-refractivity contribution in [3.05, 3.63) is 145 Å². The van der Waals surface area contributed by atoms with Crippen LogP contribution in [0.25, 0.3) is 27.7 Å². The van der Waals surface area contributed by atoms with Crippen molar-refractivity contribution in [1.29, 1.82) is 0 Å². The molecule has 7 nitrogen and oxygen atoms in total. The van der Waals surface area contributed by atoms with E-state index in [1.165, 1.54) is 0 Å².